The van der Waals surface area contributed by atoms with Gasteiger partial charge < -0.3 is 15.5 Å². The van der Waals surface area contributed by atoms with Crippen LogP contribution >= 0.6 is 0 Å². The van der Waals surface area contributed by atoms with Crippen molar-refractivity contribution in [2.24, 2.45) is 0 Å². The fourth-order valence-corrected chi connectivity index (χ4v) is 3.27. The molecule has 1 amide bonds. The number of nitrogens with zero attached hydrogens (tertiary/aromatic N) is 2. The smallest absolute Gasteiger partial charge is 0.239 e. The van der Waals surface area contributed by atoms with E-state index in [0.29, 0.717) is 0 Å². The molecule has 0 atom stereocenters. The van der Waals surface area contributed by atoms with Crippen molar-refractivity contribution in [3.63, 3.8) is 0 Å². The summed E-state index contributed by atoms with van der Waals surface area (Å²) in [6, 6.07) is 0. The zero-order valence-electron chi connectivity index (χ0n) is 13.8. The van der Waals surface area contributed by atoms with Gasteiger partial charge in [-0.1, -0.05) is 12.8 Å². The summed E-state index contributed by atoms with van der Waals surface area (Å²) in [5.41, 5.74) is -0.402. The van der Waals surface area contributed by atoms with Crippen LogP contribution in [0.3, 0.4) is 0 Å². The minimum absolute atomic E-state index is 0.166. The van der Waals surface area contributed by atoms with Crippen LogP contribution in [0.1, 0.15) is 39.5 Å². The second-order valence-corrected chi connectivity index (χ2v) is 6.81. The van der Waals surface area contributed by atoms with Crippen molar-refractivity contribution in [1.29, 1.82) is 0 Å². The molecule has 0 aromatic carbocycles. The monoisotopic (exact) mass is 296 g/mol. The van der Waals surface area contributed by atoms with E-state index in [-0.39, 0.29) is 5.91 Å². The summed E-state index contributed by atoms with van der Waals surface area (Å²) in [5, 5.41) is 6.48. The Morgan fingerprint density at radius 1 is 1.05 bits per heavy atom. The Labute approximate surface area is 129 Å². The van der Waals surface area contributed by atoms with Crippen LogP contribution in [0.4, 0.5) is 0 Å². The molecule has 0 aliphatic carbocycles. The van der Waals surface area contributed by atoms with Gasteiger partial charge in [-0.05, 0) is 39.8 Å². The molecule has 122 valence electrons. The van der Waals surface area contributed by atoms with Gasteiger partial charge in [-0.3, -0.25) is 9.69 Å². The molecule has 0 aromatic heterocycles. The maximum Gasteiger partial charge on any atom is 0.239 e. The highest BCUT2D eigenvalue weighted by molar-refractivity contribution is 5.85. The number of rotatable bonds is 5. The molecule has 2 aliphatic heterocycles. The van der Waals surface area contributed by atoms with E-state index >= 15 is 0 Å². The Morgan fingerprint density at radius 3 is 2.29 bits per heavy atom. The number of hydrogen-bond donors (Lipinski definition) is 2. The molecule has 0 radical (unpaired) electrons. The predicted molar refractivity (Wildman–Crippen MR) is 86.4 cm³/mol. The third kappa shape index (κ3) is 4.94. The highest BCUT2D eigenvalue weighted by Crippen LogP contribution is 2.15. The van der Waals surface area contributed by atoms with Gasteiger partial charge in [-0.2, -0.15) is 0 Å². The van der Waals surface area contributed by atoms with Crippen molar-refractivity contribution >= 4 is 5.91 Å². The van der Waals surface area contributed by atoms with Gasteiger partial charge in [0, 0.05) is 39.3 Å². The summed E-state index contributed by atoms with van der Waals surface area (Å²) in [5.74, 6) is 0.166. The van der Waals surface area contributed by atoms with Crippen molar-refractivity contribution in [3.8, 4) is 0 Å². The van der Waals surface area contributed by atoms with Gasteiger partial charge >= 0.3 is 0 Å². The molecule has 0 saturated carbocycles. The van der Waals surface area contributed by atoms with Gasteiger partial charge in [0.1, 0.15) is 0 Å². The Balaban J connectivity index is 1.72. The molecule has 0 spiro atoms. The molecular formula is C16H32N4O. The van der Waals surface area contributed by atoms with Crippen LogP contribution in [0.15, 0.2) is 0 Å². The topological polar surface area (TPSA) is 47.6 Å². The van der Waals surface area contributed by atoms with E-state index in [0.717, 1.165) is 39.3 Å². The SMILES string of the molecule is CC(C)(C(=O)NCCN1CCCCCC1)N1CCNCC1. The fourth-order valence-electron chi connectivity index (χ4n) is 3.27. The Hall–Kier alpha value is -0.650. The van der Waals surface area contributed by atoms with Crippen molar-refractivity contribution < 1.29 is 4.79 Å². The number of likely N-dealkylation sites (tertiary alicyclic amines) is 1. The maximum absolute atomic E-state index is 12.5. The molecule has 0 aromatic rings. The van der Waals surface area contributed by atoms with Crippen molar-refractivity contribution in [2.75, 3.05) is 52.4 Å². The molecular weight excluding hydrogens is 264 g/mol. The third-order valence-corrected chi connectivity index (χ3v) is 4.88. The molecule has 0 bridgehead atoms. The minimum Gasteiger partial charge on any atom is -0.353 e. The second-order valence-electron chi connectivity index (χ2n) is 6.81. The first-order valence-corrected chi connectivity index (χ1v) is 8.57. The van der Waals surface area contributed by atoms with Crippen LogP contribution in [0.2, 0.25) is 0 Å². The summed E-state index contributed by atoms with van der Waals surface area (Å²) < 4.78 is 0. The first-order valence-electron chi connectivity index (χ1n) is 8.57. The zero-order chi connectivity index (χ0) is 15.1. The molecule has 2 heterocycles. The highest BCUT2D eigenvalue weighted by Gasteiger charge is 2.34. The maximum atomic E-state index is 12.5. The quantitative estimate of drug-likeness (QED) is 0.782. The fraction of sp³-hybridized carbons (Fsp3) is 0.938. The van der Waals surface area contributed by atoms with Crippen LogP contribution in [-0.4, -0.2) is 73.6 Å². The molecule has 2 fully saturated rings. The third-order valence-electron chi connectivity index (χ3n) is 4.88. The first kappa shape index (κ1) is 16.7. The average molecular weight is 296 g/mol. The van der Waals surface area contributed by atoms with Crippen molar-refractivity contribution in [2.45, 2.75) is 45.1 Å². The number of carbonyl (C=O) groups is 1. The molecule has 2 aliphatic rings. The van der Waals surface area contributed by atoms with Gasteiger partial charge in [-0.15, -0.1) is 0 Å². The standard InChI is InChI=1S/C16H32N4O/c1-16(2,20-13-7-17-8-14-20)15(21)18-9-12-19-10-5-3-4-6-11-19/h17H,3-14H2,1-2H3,(H,18,21). The number of amides is 1. The lowest BCUT2D eigenvalue weighted by atomic mass is 10.0. The molecule has 2 rings (SSSR count). The van der Waals surface area contributed by atoms with Gasteiger partial charge in [0.05, 0.1) is 5.54 Å². The van der Waals surface area contributed by atoms with Gasteiger partial charge in [0.2, 0.25) is 5.91 Å². The van der Waals surface area contributed by atoms with E-state index in [1.807, 2.05) is 13.8 Å². The largest absolute Gasteiger partial charge is 0.353 e. The summed E-state index contributed by atoms with van der Waals surface area (Å²) in [7, 11) is 0. The van der Waals surface area contributed by atoms with Crippen LogP contribution in [0.5, 0.6) is 0 Å². The lowest BCUT2D eigenvalue weighted by molar-refractivity contribution is -0.132. The minimum atomic E-state index is -0.402. The van der Waals surface area contributed by atoms with E-state index < -0.39 is 5.54 Å². The number of nitrogens with one attached hydrogen (secondary N) is 2. The molecule has 5 nitrogen and oxygen atoms in total. The van der Waals surface area contributed by atoms with E-state index in [1.54, 1.807) is 0 Å². The predicted octanol–water partition coefficient (Wildman–Crippen LogP) is 0.662. The van der Waals surface area contributed by atoms with Crippen molar-refractivity contribution in [3.05, 3.63) is 0 Å². The van der Waals surface area contributed by atoms with E-state index in [1.165, 1.54) is 38.8 Å². The summed E-state index contributed by atoms with van der Waals surface area (Å²) in [6.45, 7) is 12.1. The zero-order valence-corrected chi connectivity index (χ0v) is 13.8. The first-order chi connectivity index (χ1) is 10.1. The van der Waals surface area contributed by atoms with Crippen molar-refractivity contribution in [1.82, 2.24) is 20.4 Å². The Morgan fingerprint density at radius 2 is 1.67 bits per heavy atom. The van der Waals surface area contributed by atoms with Crippen LogP contribution < -0.4 is 10.6 Å². The highest BCUT2D eigenvalue weighted by atomic mass is 16.2. The summed E-state index contributed by atoms with van der Waals surface area (Å²) >= 11 is 0. The number of piperazine rings is 1. The molecule has 5 heteroatoms. The average Bonchev–Trinajstić information content (AvgIpc) is 2.77. The van der Waals surface area contributed by atoms with E-state index in [9.17, 15) is 4.79 Å². The number of carbonyl (C=O) groups excluding carboxylic acids is 1. The second kappa shape index (κ2) is 8.11. The molecule has 0 unspecified atom stereocenters. The normalized spacial score (nSPS) is 22.8. The van der Waals surface area contributed by atoms with Gasteiger partial charge in [-0.25, -0.2) is 0 Å². The summed E-state index contributed by atoms with van der Waals surface area (Å²) in [4.78, 5) is 17.3. The summed E-state index contributed by atoms with van der Waals surface area (Å²) in [6.07, 6.45) is 5.33. The number of hydrogen-bond acceptors (Lipinski definition) is 4. The Bertz CT molecular complexity index is 318. The van der Waals surface area contributed by atoms with Crippen LogP contribution in [-0.2, 0) is 4.79 Å². The lowest BCUT2D eigenvalue weighted by Crippen LogP contribution is -2.60. The van der Waals surface area contributed by atoms with Crippen LogP contribution in [0.25, 0.3) is 0 Å². The van der Waals surface area contributed by atoms with Crippen LogP contribution in [0, 0.1) is 0 Å². The van der Waals surface area contributed by atoms with E-state index in [2.05, 4.69) is 20.4 Å². The lowest BCUT2D eigenvalue weighted by Gasteiger charge is -2.39. The molecule has 21 heavy (non-hydrogen) atoms. The Kier molecular flexibility index (Phi) is 6.45. The molecule has 2 N–H and O–H groups in total. The van der Waals surface area contributed by atoms with E-state index in [4.69, 9.17) is 0 Å². The van der Waals surface area contributed by atoms with Gasteiger partial charge in [0.25, 0.3) is 0 Å². The molecule has 2 saturated heterocycles. The van der Waals surface area contributed by atoms with Gasteiger partial charge in [0.15, 0.2) is 0 Å².